The lowest BCUT2D eigenvalue weighted by molar-refractivity contribution is 0.0595. The number of fused-ring (bicyclic) bond motifs is 1. The molecule has 0 aliphatic heterocycles. The largest absolute Gasteiger partial charge is 0.464 e. The highest BCUT2D eigenvalue weighted by molar-refractivity contribution is 6.15. The fourth-order valence-electron chi connectivity index (χ4n) is 2.89. The topological polar surface area (TPSA) is 117 Å². The second-order valence-corrected chi connectivity index (χ2v) is 5.94. The highest BCUT2D eigenvalue weighted by Gasteiger charge is 2.17. The van der Waals surface area contributed by atoms with Gasteiger partial charge in [-0.3, -0.25) is 4.79 Å². The Morgan fingerprint density at radius 3 is 2.69 bits per heavy atom. The predicted octanol–water partition coefficient (Wildman–Crippen LogP) is 3.00. The molecular formula is C21H19N5O3. The number of hydrazone groups is 1. The Hall–Kier alpha value is -4.07. The van der Waals surface area contributed by atoms with E-state index in [2.05, 4.69) is 20.8 Å². The average Bonchev–Trinajstić information content (AvgIpc) is 2.76. The van der Waals surface area contributed by atoms with Crippen molar-refractivity contribution in [3.8, 4) is 0 Å². The van der Waals surface area contributed by atoms with Crippen LogP contribution in [0.2, 0.25) is 0 Å². The van der Waals surface area contributed by atoms with E-state index in [4.69, 9.17) is 10.1 Å². The summed E-state index contributed by atoms with van der Waals surface area (Å²) in [6.07, 6.45) is 3.89. The van der Waals surface area contributed by atoms with Crippen molar-refractivity contribution >= 4 is 40.8 Å². The summed E-state index contributed by atoms with van der Waals surface area (Å²) in [5, 5.41) is 15.3. The van der Waals surface area contributed by atoms with Gasteiger partial charge in [-0.25, -0.2) is 9.78 Å². The van der Waals surface area contributed by atoms with Crippen LogP contribution in [0.5, 0.6) is 0 Å². The molecule has 1 heterocycles. The molecule has 8 heteroatoms. The molecule has 0 aliphatic carbocycles. The Balaban J connectivity index is 1.93. The lowest BCUT2D eigenvalue weighted by Crippen LogP contribution is -2.17. The van der Waals surface area contributed by atoms with Crippen LogP contribution in [0, 0.1) is 5.41 Å². The van der Waals surface area contributed by atoms with Crippen molar-refractivity contribution in [1.29, 1.82) is 5.41 Å². The smallest absolute Gasteiger partial charge is 0.358 e. The summed E-state index contributed by atoms with van der Waals surface area (Å²) in [6.45, 7) is 0.446. The Morgan fingerprint density at radius 1 is 1.14 bits per heavy atom. The van der Waals surface area contributed by atoms with E-state index in [-0.39, 0.29) is 17.3 Å². The van der Waals surface area contributed by atoms with E-state index in [9.17, 15) is 9.59 Å². The summed E-state index contributed by atoms with van der Waals surface area (Å²) < 4.78 is 4.72. The van der Waals surface area contributed by atoms with E-state index in [0.717, 1.165) is 22.6 Å². The lowest BCUT2D eigenvalue weighted by atomic mass is 9.99. The first-order valence-corrected chi connectivity index (χ1v) is 8.76. The third-order valence-corrected chi connectivity index (χ3v) is 4.20. The molecule has 3 aromatic rings. The Kier molecular flexibility index (Phi) is 6.26. The van der Waals surface area contributed by atoms with Crippen molar-refractivity contribution < 1.29 is 14.3 Å². The van der Waals surface area contributed by atoms with E-state index in [0.29, 0.717) is 12.1 Å². The quantitative estimate of drug-likeness (QED) is 0.326. The van der Waals surface area contributed by atoms with Crippen LogP contribution >= 0.6 is 0 Å². The Bertz CT molecular complexity index is 1090. The second-order valence-electron chi connectivity index (χ2n) is 5.94. The van der Waals surface area contributed by atoms with Crippen LogP contribution in [-0.2, 0) is 11.3 Å². The van der Waals surface area contributed by atoms with E-state index in [1.54, 1.807) is 18.2 Å². The fraction of sp³-hybridized carbons (Fsp3) is 0.0952. The minimum absolute atomic E-state index is 0.0394. The summed E-state index contributed by atoms with van der Waals surface area (Å²) in [5.74, 6) is -0.988. The van der Waals surface area contributed by atoms with Crippen LogP contribution in [0.3, 0.4) is 0 Å². The summed E-state index contributed by atoms with van der Waals surface area (Å²) in [5.41, 5.74) is 4.60. The fourth-order valence-corrected chi connectivity index (χ4v) is 2.89. The number of hydrogen-bond donors (Lipinski definition) is 3. The summed E-state index contributed by atoms with van der Waals surface area (Å²) in [4.78, 5) is 28.8. The maximum atomic E-state index is 12.9. The Morgan fingerprint density at radius 2 is 1.93 bits per heavy atom. The third kappa shape index (κ3) is 4.44. The van der Waals surface area contributed by atoms with E-state index in [1.165, 1.54) is 19.5 Å². The van der Waals surface area contributed by atoms with Gasteiger partial charge in [0.15, 0.2) is 5.69 Å². The molecule has 29 heavy (non-hydrogen) atoms. The SMILES string of the molecule is COC(=O)c1ncccc1NC(=O)c1ccc(CN/N=C\C=N)c2ccccc12. The van der Waals surface area contributed by atoms with Crippen molar-refractivity contribution in [1.82, 2.24) is 10.4 Å². The zero-order chi connectivity index (χ0) is 20.6. The number of rotatable bonds is 7. The van der Waals surface area contributed by atoms with Crippen molar-refractivity contribution in [2.45, 2.75) is 6.54 Å². The Labute approximate surface area is 167 Å². The standard InChI is InChI=1S/C21H19N5O3/c1-29-21(28)19-18(7-4-11-23-19)26-20(27)17-9-8-14(13-25-24-12-10-22)15-5-2-3-6-16(15)17/h2-12,22,25H,13H2,1H3,(H,26,27)/b22-10?,24-12-. The van der Waals surface area contributed by atoms with Crippen LogP contribution < -0.4 is 10.7 Å². The minimum atomic E-state index is -0.627. The van der Waals surface area contributed by atoms with Gasteiger partial charge >= 0.3 is 5.97 Å². The number of nitrogens with zero attached hydrogens (tertiary/aromatic N) is 2. The van der Waals surface area contributed by atoms with Gasteiger partial charge in [0.25, 0.3) is 5.91 Å². The van der Waals surface area contributed by atoms with Gasteiger partial charge < -0.3 is 20.9 Å². The molecule has 0 unspecified atom stereocenters. The molecule has 0 aliphatic rings. The molecule has 8 nitrogen and oxygen atoms in total. The van der Waals surface area contributed by atoms with E-state index >= 15 is 0 Å². The number of aromatic nitrogens is 1. The van der Waals surface area contributed by atoms with Crippen molar-refractivity contribution in [3.63, 3.8) is 0 Å². The molecule has 3 N–H and O–H groups in total. The number of methoxy groups -OCH3 is 1. The number of carbonyl (C=O) groups excluding carboxylic acids is 2. The normalized spacial score (nSPS) is 10.7. The van der Waals surface area contributed by atoms with Crippen molar-refractivity contribution in [2.75, 3.05) is 12.4 Å². The molecule has 1 amide bonds. The van der Waals surface area contributed by atoms with Crippen LogP contribution in [0.25, 0.3) is 10.8 Å². The van der Waals surface area contributed by atoms with E-state index < -0.39 is 5.97 Å². The van der Waals surface area contributed by atoms with Crippen LogP contribution in [0.4, 0.5) is 5.69 Å². The summed E-state index contributed by atoms with van der Waals surface area (Å²) in [6, 6.07) is 14.3. The first-order valence-electron chi connectivity index (χ1n) is 8.76. The number of amides is 1. The minimum Gasteiger partial charge on any atom is -0.464 e. The van der Waals surface area contributed by atoms with Gasteiger partial charge in [-0.2, -0.15) is 5.10 Å². The van der Waals surface area contributed by atoms with Crippen LogP contribution in [0.1, 0.15) is 26.4 Å². The highest BCUT2D eigenvalue weighted by atomic mass is 16.5. The number of pyridine rings is 1. The van der Waals surface area contributed by atoms with Crippen LogP contribution in [0.15, 0.2) is 59.8 Å². The van der Waals surface area contributed by atoms with Gasteiger partial charge in [-0.05, 0) is 34.5 Å². The monoisotopic (exact) mass is 389 g/mol. The molecule has 3 rings (SSSR count). The average molecular weight is 389 g/mol. The first-order chi connectivity index (χ1) is 14.2. The molecule has 0 saturated heterocycles. The number of anilines is 1. The predicted molar refractivity (Wildman–Crippen MR) is 112 cm³/mol. The molecule has 0 fully saturated rings. The van der Waals surface area contributed by atoms with Crippen LogP contribution in [-0.4, -0.2) is 36.4 Å². The second kappa shape index (κ2) is 9.23. The number of hydrogen-bond acceptors (Lipinski definition) is 7. The number of esters is 1. The summed E-state index contributed by atoms with van der Waals surface area (Å²) in [7, 11) is 1.26. The maximum absolute atomic E-state index is 12.9. The molecule has 0 spiro atoms. The highest BCUT2D eigenvalue weighted by Crippen LogP contribution is 2.24. The molecule has 0 bridgehead atoms. The van der Waals surface area contributed by atoms with Gasteiger partial charge in [0.2, 0.25) is 0 Å². The zero-order valence-corrected chi connectivity index (χ0v) is 15.7. The molecule has 2 aromatic carbocycles. The number of benzene rings is 2. The van der Waals surface area contributed by atoms with Gasteiger partial charge in [0, 0.05) is 18.0 Å². The van der Waals surface area contributed by atoms with Gasteiger partial charge in [-0.1, -0.05) is 30.3 Å². The maximum Gasteiger partial charge on any atom is 0.358 e. The van der Waals surface area contributed by atoms with Gasteiger partial charge in [-0.15, -0.1) is 0 Å². The molecule has 0 atom stereocenters. The number of ether oxygens (including phenoxy) is 1. The summed E-state index contributed by atoms with van der Waals surface area (Å²) >= 11 is 0. The number of nitrogens with one attached hydrogen (secondary N) is 3. The van der Waals surface area contributed by atoms with Crippen molar-refractivity contribution in [3.05, 3.63) is 71.5 Å². The molecule has 146 valence electrons. The molecule has 0 saturated carbocycles. The molecular weight excluding hydrogens is 370 g/mol. The number of carbonyl (C=O) groups is 2. The van der Waals surface area contributed by atoms with E-state index in [1.807, 2.05) is 30.3 Å². The zero-order valence-electron chi connectivity index (χ0n) is 15.7. The third-order valence-electron chi connectivity index (χ3n) is 4.20. The first kappa shape index (κ1) is 19.7. The molecule has 0 radical (unpaired) electrons. The van der Waals surface area contributed by atoms with Gasteiger partial charge in [0.05, 0.1) is 25.6 Å². The van der Waals surface area contributed by atoms with Gasteiger partial charge in [0.1, 0.15) is 0 Å². The lowest BCUT2D eigenvalue weighted by Gasteiger charge is -2.13. The molecule has 1 aromatic heterocycles. The van der Waals surface area contributed by atoms with Crippen molar-refractivity contribution in [2.24, 2.45) is 5.10 Å².